The number of nitrogens with two attached hydrogens (primary N) is 1. The van der Waals surface area contributed by atoms with Gasteiger partial charge < -0.3 is 15.8 Å². The predicted octanol–water partition coefficient (Wildman–Crippen LogP) is 4.13. The Morgan fingerprint density at radius 2 is 1.89 bits per heavy atom. The number of unbranched alkanes of at least 4 members (excludes halogenated alkanes) is 2. The van der Waals surface area contributed by atoms with Gasteiger partial charge in [0.2, 0.25) is 5.91 Å². The Bertz CT molecular complexity index is 1210. The zero-order valence-electron chi connectivity index (χ0n) is 16.4. The van der Waals surface area contributed by atoms with E-state index in [4.69, 9.17) is 5.73 Å². The molecule has 0 saturated heterocycles. The highest BCUT2D eigenvalue weighted by molar-refractivity contribution is 6.16. The fraction of sp³-hybridized carbons (Fsp3) is 0.304. The van der Waals surface area contributed by atoms with E-state index < -0.39 is 0 Å². The molecule has 0 atom stereocenters. The van der Waals surface area contributed by atoms with Gasteiger partial charge in [-0.3, -0.25) is 4.79 Å². The molecule has 2 aromatic carbocycles. The molecule has 0 bridgehead atoms. The fourth-order valence-corrected chi connectivity index (χ4v) is 4.19. The molecule has 0 aliphatic carbocycles. The third kappa shape index (κ3) is 3.17. The number of hydrogen-bond donors (Lipinski definition) is 3. The lowest BCUT2D eigenvalue weighted by Gasteiger charge is -2.08. The van der Waals surface area contributed by atoms with Crippen LogP contribution in [0.4, 0.5) is 0 Å². The first-order valence-corrected chi connectivity index (χ1v) is 9.80. The summed E-state index contributed by atoms with van der Waals surface area (Å²) in [5, 5.41) is 14.6. The van der Waals surface area contributed by atoms with Crippen LogP contribution in [0.15, 0.2) is 36.7 Å². The summed E-state index contributed by atoms with van der Waals surface area (Å²) in [4.78, 5) is 14.4. The van der Waals surface area contributed by atoms with Crippen LogP contribution in [0, 0.1) is 13.8 Å². The Morgan fingerprint density at radius 3 is 2.68 bits per heavy atom. The molecule has 0 unspecified atom stereocenters. The number of aromatic hydroxyl groups is 1. The summed E-state index contributed by atoms with van der Waals surface area (Å²) in [7, 11) is 0. The number of rotatable bonds is 6. The second-order valence-electron chi connectivity index (χ2n) is 7.64. The summed E-state index contributed by atoms with van der Waals surface area (Å²) >= 11 is 0. The van der Waals surface area contributed by atoms with Crippen LogP contribution < -0.4 is 10.3 Å². The number of carbonyl (C=O) groups excluding carboxylic acids is 1. The minimum absolute atomic E-state index is 0.222. The van der Waals surface area contributed by atoms with E-state index in [9.17, 15) is 9.90 Å². The summed E-state index contributed by atoms with van der Waals surface area (Å²) in [5.74, 6) is 0.0629. The average molecular weight is 376 g/mol. The van der Waals surface area contributed by atoms with Gasteiger partial charge in [-0.05, 0) is 61.4 Å². The second-order valence-corrected chi connectivity index (χ2v) is 7.64. The number of H-pyrrole nitrogens is 1. The number of hydrogen-bond acceptors (Lipinski definition) is 2. The van der Waals surface area contributed by atoms with Crippen molar-refractivity contribution in [2.24, 2.45) is 5.73 Å². The van der Waals surface area contributed by atoms with Gasteiger partial charge in [-0.15, -0.1) is 0 Å². The molecule has 5 heteroatoms. The molecule has 2 aromatic heterocycles. The largest absolute Gasteiger partial charge is 0.508 e. The molecule has 2 heterocycles. The molecule has 4 rings (SSSR count). The number of phenolic OH excluding ortho intramolecular Hbond substituents is 1. The lowest BCUT2D eigenvalue weighted by atomic mass is 9.97. The number of phenols is 1. The van der Waals surface area contributed by atoms with Gasteiger partial charge in [-0.2, -0.15) is 0 Å². The lowest BCUT2D eigenvalue weighted by molar-refractivity contribution is -0.696. The van der Waals surface area contributed by atoms with Crippen molar-refractivity contribution in [1.29, 1.82) is 0 Å². The lowest BCUT2D eigenvalue weighted by Crippen LogP contribution is -2.32. The molecule has 4 N–H and O–H groups in total. The molecule has 0 aliphatic heterocycles. The van der Waals surface area contributed by atoms with Crippen molar-refractivity contribution in [3.8, 4) is 5.75 Å². The highest BCUT2D eigenvalue weighted by atomic mass is 16.3. The number of pyridine rings is 1. The first-order chi connectivity index (χ1) is 13.5. The van der Waals surface area contributed by atoms with E-state index in [-0.39, 0.29) is 11.7 Å². The van der Waals surface area contributed by atoms with E-state index in [0.29, 0.717) is 6.42 Å². The summed E-state index contributed by atoms with van der Waals surface area (Å²) in [6, 6.07) is 7.67. The van der Waals surface area contributed by atoms with Crippen molar-refractivity contribution in [3.05, 3.63) is 47.8 Å². The van der Waals surface area contributed by atoms with Crippen molar-refractivity contribution in [2.75, 3.05) is 0 Å². The van der Waals surface area contributed by atoms with E-state index in [2.05, 4.69) is 41.9 Å². The van der Waals surface area contributed by atoms with E-state index in [1.165, 1.54) is 27.3 Å². The van der Waals surface area contributed by atoms with Gasteiger partial charge in [0.25, 0.3) is 0 Å². The van der Waals surface area contributed by atoms with E-state index in [0.717, 1.165) is 42.2 Å². The van der Waals surface area contributed by atoms with Crippen LogP contribution in [0.3, 0.4) is 0 Å². The highest BCUT2D eigenvalue weighted by Crippen LogP contribution is 2.37. The Morgan fingerprint density at radius 1 is 1.07 bits per heavy atom. The van der Waals surface area contributed by atoms with Gasteiger partial charge in [-0.1, -0.05) is 0 Å². The first-order valence-electron chi connectivity index (χ1n) is 9.80. The maximum Gasteiger partial charge on any atom is 0.217 e. The summed E-state index contributed by atoms with van der Waals surface area (Å²) in [6.07, 6.45) is 7.68. The number of amides is 1. The molecule has 0 spiro atoms. The Hall–Kier alpha value is -3.08. The summed E-state index contributed by atoms with van der Waals surface area (Å²) in [6.45, 7) is 5.22. The number of primary amides is 1. The van der Waals surface area contributed by atoms with Crippen molar-refractivity contribution in [1.82, 2.24) is 4.98 Å². The molecular weight excluding hydrogens is 350 g/mol. The minimum atomic E-state index is -0.222. The second kappa shape index (κ2) is 7.15. The van der Waals surface area contributed by atoms with Crippen LogP contribution in [0.5, 0.6) is 5.75 Å². The maximum atomic E-state index is 10.8. The van der Waals surface area contributed by atoms with Crippen molar-refractivity contribution >= 4 is 38.5 Å². The van der Waals surface area contributed by atoms with Crippen LogP contribution in [-0.4, -0.2) is 16.0 Å². The zero-order chi connectivity index (χ0) is 19.8. The zero-order valence-corrected chi connectivity index (χ0v) is 16.4. The van der Waals surface area contributed by atoms with E-state index in [1.54, 1.807) is 6.07 Å². The van der Waals surface area contributed by atoms with Crippen LogP contribution in [0.1, 0.15) is 36.8 Å². The molecule has 0 radical (unpaired) electrons. The quantitative estimate of drug-likeness (QED) is 0.349. The Balaban J connectivity index is 1.73. The van der Waals surface area contributed by atoms with Crippen LogP contribution in [0.25, 0.3) is 32.6 Å². The predicted molar refractivity (Wildman–Crippen MR) is 112 cm³/mol. The van der Waals surface area contributed by atoms with Gasteiger partial charge in [0, 0.05) is 35.2 Å². The van der Waals surface area contributed by atoms with Crippen LogP contribution >= 0.6 is 0 Å². The molecular formula is C23H26N3O2+. The molecule has 1 amide bonds. The van der Waals surface area contributed by atoms with E-state index in [1.807, 2.05) is 12.1 Å². The van der Waals surface area contributed by atoms with Gasteiger partial charge >= 0.3 is 0 Å². The molecule has 28 heavy (non-hydrogen) atoms. The number of fused-ring (bicyclic) bond motifs is 4. The summed E-state index contributed by atoms with van der Waals surface area (Å²) < 4.78 is 2.22. The SMILES string of the molecule is Cc1c2c[n+](CCCCCC(N)=O)ccc2c(C)c2c1[nH]c1ccc(O)cc12. The normalized spacial score (nSPS) is 11.6. The number of aryl methyl sites for hydroxylation is 3. The number of nitrogens with zero attached hydrogens (tertiary/aromatic N) is 1. The first kappa shape index (κ1) is 18.3. The number of nitrogens with one attached hydrogen (secondary N) is 1. The average Bonchev–Trinajstić information content (AvgIpc) is 3.04. The molecule has 0 saturated carbocycles. The van der Waals surface area contributed by atoms with Crippen LogP contribution in [-0.2, 0) is 11.3 Å². The number of benzene rings is 2. The fourth-order valence-electron chi connectivity index (χ4n) is 4.19. The third-order valence-corrected chi connectivity index (χ3v) is 5.70. The smallest absolute Gasteiger partial charge is 0.217 e. The monoisotopic (exact) mass is 376 g/mol. The van der Waals surface area contributed by atoms with E-state index >= 15 is 0 Å². The number of aromatic amines is 1. The van der Waals surface area contributed by atoms with Crippen molar-refractivity contribution in [2.45, 2.75) is 46.1 Å². The third-order valence-electron chi connectivity index (χ3n) is 5.70. The standard InChI is InChI=1S/C23H25N3O2/c1-14-17-9-11-26(10-5-3-4-6-21(24)28)13-19(17)15(2)23-22(14)18-12-16(27)7-8-20(18)25-23/h7-9,11-13H,3-6,10H2,1-2H3,(H3,24,27,28)/p+1. The van der Waals surface area contributed by atoms with Gasteiger partial charge in [0.15, 0.2) is 12.4 Å². The Labute approximate surface area is 163 Å². The highest BCUT2D eigenvalue weighted by Gasteiger charge is 2.16. The Kier molecular flexibility index (Phi) is 4.67. The molecule has 4 aromatic rings. The molecule has 0 aliphatic rings. The van der Waals surface area contributed by atoms with Gasteiger partial charge in [0.1, 0.15) is 12.3 Å². The van der Waals surface area contributed by atoms with Crippen LogP contribution in [0.2, 0.25) is 0 Å². The van der Waals surface area contributed by atoms with Gasteiger partial charge in [0.05, 0.1) is 10.9 Å². The molecule has 5 nitrogen and oxygen atoms in total. The number of carbonyl (C=O) groups is 1. The summed E-state index contributed by atoms with van der Waals surface area (Å²) in [5.41, 5.74) is 9.81. The topological polar surface area (TPSA) is 83.0 Å². The molecule has 144 valence electrons. The van der Waals surface area contributed by atoms with Crippen molar-refractivity contribution < 1.29 is 14.5 Å². The number of aromatic nitrogens is 2. The van der Waals surface area contributed by atoms with Gasteiger partial charge in [-0.25, -0.2) is 4.57 Å². The molecule has 0 fully saturated rings. The maximum absolute atomic E-state index is 10.8. The minimum Gasteiger partial charge on any atom is -0.508 e. The van der Waals surface area contributed by atoms with Crippen molar-refractivity contribution in [3.63, 3.8) is 0 Å².